The summed E-state index contributed by atoms with van der Waals surface area (Å²) in [5.74, 6) is -0.271. The van der Waals surface area contributed by atoms with Crippen molar-refractivity contribution in [2.75, 3.05) is 5.32 Å². The van der Waals surface area contributed by atoms with Crippen LogP contribution in [0, 0.1) is 0 Å². The Kier molecular flexibility index (Phi) is 3.58. The lowest BCUT2D eigenvalue weighted by atomic mass is 10.1. The molecular weight excluding hydrogens is 254 g/mol. The van der Waals surface area contributed by atoms with E-state index in [-0.39, 0.29) is 11.6 Å². The molecule has 0 aliphatic carbocycles. The Morgan fingerprint density at radius 2 is 2.22 bits per heavy atom. The number of benzene rings is 1. The summed E-state index contributed by atoms with van der Waals surface area (Å²) < 4.78 is 5.26. The maximum atomic E-state index is 11.1. The molecule has 0 aliphatic rings. The molecule has 18 heavy (non-hydrogen) atoms. The van der Waals surface area contributed by atoms with Crippen molar-refractivity contribution in [1.82, 2.24) is 0 Å². The highest BCUT2D eigenvalue weighted by molar-refractivity contribution is 6.31. The van der Waals surface area contributed by atoms with Gasteiger partial charge in [0.1, 0.15) is 5.76 Å². The van der Waals surface area contributed by atoms with E-state index in [2.05, 4.69) is 5.32 Å². The molecule has 0 radical (unpaired) electrons. The number of hydrogen-bond acceptors (Lipinski definition) is 3. The number of furan rings is 1. The van der Waals surface area contributed by atoms with Gasteiger partial charge in [-0.3, -0.25) is 0 Å². The predicted molar refractivity (Wildman–Crippen MR) is 69.2 cm³/mol. The van der Waals surface area contributed by atoms with Gasteiger partial charge in [-0.2, -0.15) is 0 Å². The van der Waals surface area contributed by atoms with E-state index in [0.29, 0.717) is 10.7 Å². The standard InChI is InChI=1S/C13H12ClNO3/c1-8(12-3-2-6-18-12)15-11-7-9(14)4-5-10(11)13(16)17/h2-8,15H,1H3,(H,16,17). The van der Waals surface area contributed by atoms with E-state index in [1.54, 1.807) is 24.5 Å². The molecular formula is C13H12ClNO3. The van der Waals surface area contributed by atoms with E-state index in [9.17, 15) is 4.79 Å². The highest BCUT2D eigenvalue weighted by Gasteiger charge is 2.14. The van der Waals surface area contributed by atoms with Crippen LogP contribution in [-0.2, 0) is 0 Å². The van der Waals surface area contributed by atoms with Crippen LogP contribution in [0.5, 0.6) is 0 Å². The molecule has 2 N–H and O–H groups in total. The number of aromatic carboxylic acids is 1. The van der Waals surface area contributed by atoms with Crippen molar-refractivity contribution < 1.29 is 14.3 Å². The van der Waals surface area contributed by atoms with Gasteiger partial charge in [0.15, 0.2) is 0 Å². The van der Waals surface area contributed by atoms with Gasteiger partial charge in [-0.25, -0.2) is 4.79 Å². The fourth-order valence-electron chi connectivity index (χ4n) is 1.66. The van der Waals surface area contributed by atoms with Gasteiger partial charge in [-0.05, 0) is 37.3 Å². The number of hydrogen-bond donors (Lipinski definition) is 2. The lowest BCUT2D eigenvalue weighted by Gasteiger charge is -2.15. The zero-order valence-corrected chi connectivity index (χ0v) is 10.4. The summed E-state index contributed by atoms with van der Waals surface area (Å²) in [5, 5.41) is 12.7. The fourth-order valence-corrected chi connectivity index (χ4v) is 1.84. The number of rotatable bonds is 4. The first-order valence-electron chi connectivity index (χ1n) is 5.40. The van der Waals surface area contributed by atoms with E-state index in [1.807, 2.05) is 13.0 Å². The van der Waals surface area contributed by atoms with Crippen molar-refractivity contribution in [3.8, 4) is 0 Å². The summed E-state index contributed by atoms with van der Waals surface area (Å²) in [6, 6.07) is 8.07. The van der Waals surface area contributed by atoms with E-state index in [1.165, 1.54) is 6.07 Å². The van der Waals surface area contributed by atoms with Crippen LogP contribution >= 0.6 is 11.6 Å². The number of carboxylic acids is 1. The zero-order valence-electron chi connectivity index (χ0n) is 9.68. The molecule has 0 aliphatic heterocycles. The van der Waals surface area contributed by atoms with Gasteiger partial charge in [0, 0.05) is 5.02 Å². The topological polar surface area (TPSA) is 62.5 Å². The summed E-state index contributed by atoms with van der Waals surface area (Å²) in [5.41, 5.74) is 0.650. The molecule has 0 amide bonds. The van der Waals surface area contributed by atoms with Gasteiger partial charge >= 0.3 is 5.97 Å². The quantitative estimate of drug-likeness (QED) is 0.882. The van der Waals surface area contributed by atoms with E-state index >= 15 is 0 Å². The van der Waals surface area contributed by atoms with Crippen LogP contribution < -0.4 is 5.32 Å². The molecule has 4 nitrogen and oxygen atoms in total. The zero-order chi connectivity index (χ0) is 13.1. The van der Waals surface area contributed by atoms with Gasteiger partial charge in [-0.1, -0.05) is 11.6 Å². The highest BCUT2D eigenvalue weighted by Crippen LogP contribution is 2.25. The first-order chi connectivity index (χ1) is 8.58. The molecule has 2 rings (SSSR count). The summed E-state index contributed by atoms with van der Waals surface area (Å²) in [7, 11) is 0. The van der Waals surface area contributed by atoms with Crippen molar-refractivity contribution in [3.63, 3.8) is 0 Å². The number of carbonyl (C=O) groups is 1. The van der Waals surface area contributed by atoms with Gasteiger partial charge in [0.2, 0.25) is 0 Å². The minimum absolute atomic E-state index is 0.142. The van der Waals surface area contributed by atoms with E-state index in [4.69, 9.17) is 21.1 Å². The van der Waals surface area contributed by atoms with Crippen LogP contribution in [0.1, 0.15) is 29.1 Å². The van der Waals surface area contributed by atoms with Gasteiger partial charge in [0.05, 0.1) is 23.6 Å². The van der Waals surface area contributed by atoms with Crippen LogP contribution in [0.4, 0.5) is 5.69 Å². The van der Waals surface area contributed by atoms with Crippen LogP contribution in [0.15, 0.2) is 41.0 Å². The SMILES string of the molecule is CC(Nc1cc(Cl)ccc1C(=O)O)c1ccco1. The smallest absolute Gasteiger partial charge is 0.337 e. The van der Waals surface area contributed by atoms with Crippen LogP contribution in [0.3, 0.4) is 0 Å². The fraction of sp³-hybridized carbons (Fsp3) is 0.154. The summed E-state index contributed by atoms with van der Waals surface area (Å²) >= 11 is 5.87. The maximum Gasteiger partial charge on any atom is 0.337 e. The molecule has 0 bridgehead atoms. The number of carboxylic acid groups (broad SMARTS) is 1. The van der Waals surface area contributed by atoms with Gasteiger partial charge in [0.25, 0.3) is 0 Å². The molecule has 0 fully saturated rings. The normalized spacial score (nSPS) is 12.1. The molecule has 0 saturated heterocycles. The predicted octanol–water partition coefficient (Wildman–Crippen LogP) is 3.80. The monoisotopic (exact) mass is 265 g/mol. The molecule has 1 unspecified atom stereocenters. The second-order valence-electron chi connectivity index (χ2n) is 3.88. The lowest BCUT2D eigenvalue weighted by Crippen LogP contribution is -2.10. The third-order valence-electron chi connectivity index (χ3n) is 2.55. The van der Waals surface area contributed by atoms with Crippen molar-refractivity contribution >= 4 is 23.3 Å². The van der Waals surface area contributed by atoms with E-state index < -0.39 is 5.97 Å². The molecule has 0 spiro atoms. The Labute approximate surface area is 109 Å². The molecule has 94 valence electrons. The average Bonchev–Trinajstić information content (AvgIpc) is 2.81. The third kappa shape index (κ3) is 2.65. The largest absolute Gasteiger partial charge is 0.478 e. The summed E-state index contributed by atoms with van der Waals surface area (Å²) in [6.07, 6.45) is 1.57. The van der Waals surface area contributed by atoms with Crippen molar-refractivity contribution in [2.45, 2.75) is 13.0 Å². The van der Waals surface area contributed by atoms with Crippen molar-refractivity contribution in [3.05, 3.63) is 52.9 Å². The highest BCUT2D eigenvalue weighted by atomic mass is 35.5. The second-order valence-corrected chi connectivity index (χ2v) is 4.31. The van der Waals surface area contributed by atoms with Crippen molar-refractivity contribution in [1.29, 1.82) is 0 Å². The van der Waals surface area contributed by atoms with E-state index in [0.717, 1.165) is 5.76 Å². The van der Waals surface area contributed by atoms with Crippen LogP contribution in [-0.4, -0.2) is 11.1 Å². The Morgan fingerprint density at radius 3 is 2.83 bits per heavy atom. The Morgan fingerprint density at radius 1 is 1.44 bits per heavy atom. The van der Waals surface area contributed by atoms with Crippen LogP contribution in [0.2, 0.25) is 5.02 Å². The average molecular weight is 266 g/mol. The van der Waals surface area contributed by atoms with Crippen molar-refractivity contribution in [2.24, 2.45) is 0 Å². The molecule has 1 atom stereocenters. The van der Waals surface area contributed by atoms with Gasteiger partial charge in [-0.15, -0.1) is 0 Å². The molecule has 2 aromatic rings. The summed E-state index contributed by atoms with van der Waals surface area (Å²) in [6.45, 7) is 1.88. The number of halogens is 1. The first-order valence-corrected chi connectivity index (χ1v) is 5.78. The molecule has 1 aromatic heterocycles. The number of nitrogens with one attached hydrogen (secondary N) is 1. The summed E-state index contributed by atoms with van der Waals surface area (Å²) in [4.78, 5) is 11.1. The lowest BCUT2D eigenvalue weighted by molar-refractivity contribution is 0.0698. The Balaban J connectivity index is 2.28. The van der Waals surface area contributed by atoms with Gasteiger partial charge < -0.3 is 14.8 Å². The minimum Gasteiger partial charge on any atom is -0.478 e. The Hall–Kier alpha value is -1.94. The minimum atomic E-state index is -0.999. The molecule has 1 heterocycles. The third-order valence-corrected chi connectivity index (χ3v) is 2.79. The molecule has 5 heteroatoms. The first kappa shape index (κ1) is 12.5. The Bertz CT molecular complexity index is 551. The molecule has 0 saturated carbocycles. The molecule has 1 aromatic carbocycles. The maximum absolute atomic E-state index is 11.1. The van der Waals surface area contributed by atoms with Crippen LogP contribution in [0.25, 0.3) is 0 Å². The second kappa shape index (κ2) is 5.14. The number of anilines is 1.